The number of thiazole rings is 1. The highest BCUT2D eigenvalue weighted by molar-refractivity contribution is 9.10. The van der Waals surface area contributed by atoms with Gasteiger partial charge in [-0.2, -0.15) is 0 Å². The van der Waals surface area contributed by atoms with Gasteiger partial charge in [0.25, 0.3) is 5.91 Å². The van der Waals surface area contributed by atoms with Gasteiger partial charge in [-0.15, -0.1) is 11.3 Å². The number of amides is 1. The Morgan fingerprint density at radius 3 is 2.89 bits per heavy atom. The zero-order valence-electron chi connectivity index (χ0n) is 10.9. The summed E-state index contributed by atoms with van der Waals surface area (Å²) in [6.45, 7) is 4.57. The zero-order chi connectivity index (χ0) is 13.8. The Hall–Kier alpha value is -1.20. The van der Waals surface area contributed by atoms with E-state index in [1.165, 1.54) is 4.88 Å². The van der Waals surface area contributed by atoms with Gasteiger partial charge in [0.15, 0.2) is 0 Å². The maximum Gasteiger partial charge on any atom is 0.251 e. The number of benzene rings is 1. The first kappa shape index (κ1) is 14.2. The summed E-state index contributed by atoms with van der Waals surface area (Å²) in [6, 6.07) is 5.59. The van der Waals surface area contributed by atoms with Crippen molar-refractivity contribution in [2.45, 2.75) is 26.8 Å². The molecule has 19 heavy (non-hydrogen) atoms. The van der Waals surface area contributed by atoms with E-state index in [2.05, 4.69) is 33.2 Å². The molecule has 1 amide bonds. The van der Waals surface area contributed by atoms with Crippen molar-refractivity contribution in [2.75, 3.05) is 0 Å². The minimum Gasteiger partial charge on any atom is -0.346 e. The van der Waals surface area contributed by atoms with Crippen LogP contribution < -0.4 is 5.32 Å². The van der Waals surface area contributed by atoms with Crippen LogP contribution in [0.3, 0.4) is 0 Å². The minimum absolute atomic E-state index is 0.0750. The van der Waals surface area contributed by atoms with Crippen LogP contribution in [0.4, 0.5) is 0 Å². The number of aromatic nitrogens is 1. The molecule has 0 saturated carbocycles. The molecule has 0 radical (unpaired) electrons. The Balaban J connectivity index is 1.99. The van der Waals surface area contributed by atoms with Gasteiger partial charge in [-0.25, -0.2) is 4.98 Å². The predicted molar refractivity (Wildman–Crippen MR) is 81.5 cm³/mol. The standard InChI is InChI=1S/C14H15BrN2OS/c1-3-11-7-16-13(19-11)8-17-14(18)10-5-4-9(2)12(15)6-10/h4-7H,3,8H2,1-2H3,(H,17,18). The number of carbonyl (C=O) groups is 1. The van der Waals surface area contributed by atoms with E-state index in [1.807, 2.05) is 31.3 Å². The van der Waals surface area contributed by atoms with Crippen molar-refractivity contribution in [1.29, 1.82) is 0 Å². The number of hydrogen-bond donors (Lipinski definition) is 1. The van der Waals surface area contributed by atoms with Gasteiger partial charge in [0.1, 0.15) is 5.01 Å². The monoisotopic (exact) mass is 338 g/mol. The lowest BCUT2D eigenvalue weighted by atomic mass is 10.1. The van der Waals surface area contributed by atoms with Crippen LogP contribution in [-0.2, 0) is 13.0 Å². The molecule has 0 saturated heterocycles. The third-order valence-corrected chi connectivity index (χ3v) is 4.78. The zero-order valence-corrected chi connectivity index (χ0v) is 13.3. The molecule has 5 heteroatoms. The Kier molecular flexibility index (Phi) is 4.71. The largest absolute Gasteiger partial charge is 0.346 e. The molecule has 1 heterocycles. The second-order valence-corrected chi connectivity index (χ2v) is 6.27. The minimum atomic E-state index is -0.0750. The molecule has 0 atom stereocenters. The third kappa shape index (κ3) is 3.64. The molecule has 1 aromatic carbocycles. The molecule has 3 nitrogen and oxygen atoms in total. The molecule has 1 aromatic heterocycles. The van der Waals surface area contributed by atoms with Crippen LogP contribution in [0.25, 0.3) is 0 Å². The lowest BCUT2D eigenvalue weighted by Gasteiger charge is -2.05. The van der Waals surface area contributed by atoms with E-state index in [9.17, 15) is 4.79 Å². The second kappa shape index (κ2) is 6.30. The molecule has 0 aliphatic heterocycles. The van der Waals surface area contributed by atoms with E-state index in [-0.39, 0.29) is 5.91 Å². The fraction of sp³-hybridized carbons (Fsp3) is 0.286. The summed E-state index contributed by atoms with van der Waals surface area (Å²) in [6.07, 6.45) is 2.85. The van der Waals surface area contributed by atoms with Gasteiger partial charge >= 0.3 is 0 Å². The number of aryl methyl sites for hydroxylation is 2. The van der Waals surface area contributed by atoms with Gasteiger partial charge in [0, 0.05) is 21.1 Å². The summed E-state index contributed by atoms with van der Waals surface area (Å²) in [7, 11) is 0. The molecule has 0 spiro atoms. The fourth-order valence-corrected chi connectivity index (χ4v) is 2.77. The van der Waals surface area contributed by atoms with Crippen molar-refractivity contribution < 1.29 is 4.79 Å². The smallest absolute Gasteiger partial charge is 0.251 e. The van der Waals surface area contributed by atoms with Crippen molar-refractivity contribution >= 4 is 33.2 Å². The van der Waals surface area contributed by atoms with Crippen molar-refractivity contribution in [3.8, 4) is 0 Å². The number of rotatable bonds is 4. The number of nitrogens with one attached hydrogen (secondary N) is 1. The van der Waals surface area contributed by atoms with Gasteiger partial charge in [0.05, 0.1) is 6.54 Å². The highest BCUT2D eigenvalue weighted by Gasteiger charge is 2.08. The van der Waals surface area contributed by atoms with Crippen LogP contribution >= 0.6 is 27.3 Å². The SMILES string of the molecule is CCc1cnc(CNC(=O)c2ccc(C)c(Br)c2)s1. The molecule has 1 N–H and O–H groups in total. The third-order valence-electron chi connectivity index (χ3n) is 2.78. The van der Waals surface area contributed by atoms with Crippen LogP contribution in [0.5, 0.6) is 0 Å². The lowest BCUT2D eigenvalue weighted by Crippen LogP contribution is -2.22. The summed E-state index contributed by atoms with van der Waals surface area (Å²) in [4.78, 5) is 17.5. The first-order valence-corrected chi connectivity index (χ1v) is 7.69. The number of nitrogens with zero attached hydrogens (tertiary/aromatic N) is 1. The van der Waals surface area contributed by atoms with Gasteiger partial charge in [-0.3, -0.25) is 4.79 Å². The average Bonchev–Trinajstić information content (AvgIpc) is 2.87. The molecule has 2 aromatic rings. The highest BCUT2D eigenvalue weighted by atomic mass is 79.9. The van der Waals surface area contributed by atoms with E-state index in [0.29, 0.717) is 12.1 Å². The fourth-order valence-electron chi connectivity index (χ4n) is 1.59. The van der Waals surface area contributed by atoms with Crippen LogP contribution in [0.1, 0.15) is 32.7 Å². The summed E-state index contributed by atoms with van der Waals surface area (Å²) in [5, 5.41) is 3.83. The highest BCUT2D eigenvalue weighted by Crippen LogP contribution is 2.18. The van der Waals surface area contributed by atoms with Crippen LogP contribution in [0, 0.1) is 6.92 Å². The molecular weight excluding hydrogens is 324 g/mol. The Bertz CT molecular complexity index is 595. The maximum absolute atomic E-state index is 12.0. The molecule has 0 bridgehead atoms. The molecule has 0 unspecified atom stereocenters. The lowest BCUT2D eigenvalue weighted by molar-refractivity contribution is 0.0951. The number of halogens is 1. The van der Waals surface area contributed by atoms with E-state index >= 15 is 0 Å². The van der Waals surface area contributed by atoms with Crippen molar-refractivity contribution in [3.63, 3.8) is 0 Å². The van der Waals surface area contributed by atoms with E-state index < -0.39 is 0 Å². The Labute approximate surface area is 125 Å². The summed E-state index contributed by atoms with van der Waals surface area (Å²) in [5.41, 5.74) is 1.77. The molecule has 0 aliphatic rings. The van der Waals surface area contributed by atoms with E-state index in [4.69, 9.17) is 0 Å². The van der Waals surface area contributed by atoms with Crippen molar-refractivity contribution in [1.82, 2.24) is 10.3 Å². The molecule has 0 fully saturated rings. The number of hydrogen-bond acceptors (Lipinski definition) is 3. The first-order chi connectivity index (χ1) is 9.10. The van der Waals surface area contributed by atoms with Gasteiger partial charge in [-0.05, 0) is 31.0 Å². The van der Waals surface area contributed by atoms with Gasteiger partial charge < -0.3 is 5.32 Å². The van der Waals surface area contributed by atoms with Gasteiger partial charge in [0.2, 0.25) is 0 Å². The van der Waals surface area contributed by atoms with E-state index in [0.717, 1.165) is 21.5 Å². The predicted octanol–water partition coefficient (Wildman–Crippen LogP) is 3.71. The molecule has 0 aliphatic carbocycles. The number of carbonyl (C=O) groups excluding carboxylic acids is 1. The van der Waals surface area contributed by atoms with Crippen molar-refractivity contribution in [3.05, 3.63) is 49.9 Å². The van der Waals surface area contributed by atoms with Crippen molar-refractivity contribution in [2.24, 2.45) is 0 Å². The Morgan fingerprint density at radius 2 is 2.26 bits per heavy atom. The Morgan fingerprint density at radius 1 is 1.47 bits per heavy atom. The van der Waals surface area contributed by atoms with Gasteiger partial charge in [-0.1, -0.05) is 28.9 Å². The average molecular weight is 339 g/mol. The van der Waals surface area contributed by atoms with E-state index in [1.54, 1.807) is 11.3 Å². The topological polar surface area (TPSA) is 42.0 Å². The summed E-state index contributed by atoms with van der Waals surface area (Å²) < 4.78 is 0.947. The summed E-state index contributed by atoms with van der Waals surface area (Å²) >= 11 is 5.07. The first-order valence-electron chi connectivity index (χ1n) is 6.08. The van der Waals surface area contributed by atoms with Crippen LogP contribution in [0.2, 0.25) is 0 Å². The molecule has 2 rings (SSSR count). The maximum atomic E-state index is 12.0. The van der Waals surface area contributed by atoms with Crippen LogP contribution in [0.15, 0.2) is 28.9 Å². The normalized spacial score (nSPS) is 10.5. The van der Waals surface area contributed by atoms with Crippen LogP contribution in [-0.4, -0.2) is 10.9 Å². The molecular formula is C14H15BrN2OS. The summed E-state index contributed by atoms with van der Waals surface area (Å²) in [5.74, 6) is -0.0750. The molecule has 100 valence electrons. The quantitative estimate of drug-likeness (QED) is 0.923. The second-order valence-electron chi connectivity index (χ2n) is 4.22.